The van der Waals surface area contributed by atoms with Crippen molar-refractivity contribution in [3.05, 3.63) is 29.8 Å². The molecule has 0 saturated heterocycles. The van der Waals surface area contributed by atoms with Crippen LogP contribution < -0.4 is 11.1 Å². The Bertz CT molecular complexity index is 373. The minimum absolute atomic E-state index is 0.0609. The van der Waals surface area contributed by atoms with Gasteiger partial charge in [-0.3, -0.25) is 4.79 Å². The number of halogens is 3. The third-order valence-electron chi connectivity index (χ3n) is 2.12. The minimum Gasteiger partial charge on any atom is -0.325 e. The van der Waals surface area contributed by atoms with Crippen molar-refractivity contribution in [1.29, 1.82) is 0 Å². The van der Waals surface area contributed by atoms with Gasteiger partial charge in [-0.1, -0.05) is 12.1 Å². The number of nitrogens with two attached hydrogens (primary N) is 1. The molecule has 1 rings (SSSR count). The molecule has 0 spiro atoms. The lowest BCUT2D eigenvalue weighted by molar-refractivity contribution is -0.134. The molecule has 94 valence electrons. The van der Waals surface area contributed by atoms with Gasteiger partial charge in [0, 0.05) is 12.1 Å². The van der Waals surface area contributed by atoms with E-state index < -0.39 is 12.6 Å². The van der Waals surface area contributed by atoms with E-state index in [4.69, 9.17) is 5.73 Å². The van der Waals surface area contributed by atoms with Gasteiger partial charge in [-0.15, -0.1) is 0 Å². The lowest BCUT2D eigenvalue weighted by Crippen LogP contribution is -2.21. The second-order valence-corrected chi connectivity index (χ2v) is 3.56. The number of hydrogen-bond donors (Lipinski definition) is 2. The maximum atomic E-state index is 12.0. The second-order valence-electron chi connectivity index (χ2n) is 3.56. The molecule has 17 heavy (non-hydrogen) atoms. The van der Waals surface area contributed by atoms with Crippen LogP contribution in [0.5, 0.6) is 0 Å². The van der Waals surface area contributed by atoms with E-state index in [0.29, 0.717) is 11.3 Å². The van der Waals surface area contributed by atoms with Gasteiger partial charge in [0.2, 0.25) is 5.91 Å². The van der Waals surface area contributed by atoms with Crippen LogP contribution in [0, 0.1) is 0 Å². The number of nitrogens with one attached hydrogen (secondary N) is 1. The lowest BCUT2D eigenvalue weighted by Gasteiger charge is -2.07. The number of amides is 1. The predicted molar refractivity (Wildman–Crippen MR) is 58.5 cm³/mol. The predicted octanol–water partition coefficient (Wildman–Crippen LogP) is 2.08. The molecule has 3 N–H and O–H groups in total. The number of alkyl halides is 3. The number of carbonyl (C=O) groups is 1. The van der Waals surface area contributed by atoms with Gasteiger partial charge in [-0.2, -0.15) is 13.2 Å². The highest BCUT2D eigenvalue weighted by atomic mass is 19.4. The van der Waals surface area contributed by atoms with Crippen molar-refractivity contribution in [3.63, 3.8) is 0 Å². The summed E-state index contributed by atoms with van der Waals surface area (Å²) >= 11 is 0. The smallest absolute Gasteiger partial charge is 0.325 e. The SMILES string of the molecule is NCC(=O)Nc1ccc(CCC(F)(F)F)cc1. The molecule has 0 aliphatic rings. The largest absolute Gasteiger partial charge is 0.389 e. The van der Waals surface area contributed by atoms with Crippen LogP contribution in [0.15, 0.2) is 24.3 Å². The molecular weight excluding hydrogens is 233 g/mol. The molecule has 0 atom stereocenters. The molecule has 0 bridgehead atoms. The Morgan fingerprint density at radius 2 is 1.82 bits per heavy atom. The number of carbonyl (C=O) groups excluding carboxylic acids is 1. The van der Waals surface area contributed by atoms with E-state index in [1.165, 1.54) is 0 Å². The van der Waals surface area contributed by atoms with Crippen molar-refractivity contribution in [2.45, 2.75) is 19.0 Å². The number of benzene rings is 1. The van der Waals surface area contributed by atoms with E-state index in [1.54, 1.807) is 24.3 Å². The molecule has 0 heterocycles. The first kappa shape index (κ1) is 13.5. The minimum atomic E-state index is -4.15. The summed E-state index contributed by atoms with van der Waals surface area (Å²) in [6, 6.07) is 6.22. The van der Waals surface area contributed by atoms with Gasteiger partial charge in [0.25, 0.3) is 0 Å². The van der Waals surface area contributed by atoms with Crippen molar-refractivity contribution in [2.24, 2.45) is 5.73 Å². The molecule has 1 aromatic rings. The fraction of sp³-hybridized carbons (Fsp3) is 0.364. The molecule has 0 saturated carbocycles. The van der Waals surface area contributed by atoms with Crippen LogP contribution in [0.1, 0.15) is 12.0 Å². The van der Waals surface area contributed by atoms with Crippen LogP contribution in [-0.4, -0.2) is 18.6 Å². The first-order chi connectivity index (χ1) is 7.90. The zero-order chi connectivity index (χ0) is 12.9. The standard InChI is InChI=1S/C11H13F3N2O/c12-11(13,14)6-5-8-1-3-9(4-2-8)16-10(17)7-15/h1-4H,5-7,15H2,(H,16,17). The highest BCUT2D eigenvalue weighted by Gasteiger charge is 2.26. The Labute approximate surface area is 96.8 Å². The summed E-state index contributed by atoms with van der Waals surface area (Å²) in [5.74, 6) is -0.340. The van der Waals surface area contributed by atoms with Gasteiger partial charge in [0.15, 0.2) is 0 Å². The second kappa shape index (κ2) is 5.67. The molecule has 1 aromatic carbocycles. The molecule has 0 fully saturated rings. The van der Waals surface area contributed by atoms with Crippen molar-refractivity contribution in [1.82, 2.24) is 0 Å². The Morgan fingerprint density at radius 1 is 1.24 bits per heavy atom. The van der Waals surface area contributed by atoms with E-state index in [0.717, 1.165) is 0 Å². The summed E-state index contributed by atoms with van der Waals surface area (Å²) in [4.78, 5) is 10.9. The Balaban J connectivity index is 2.53. The van der Waals surface area contributed by atoms with Crippen molar-refractivity contribution < 1.29 is 18.0 Å². The first-order valence-corrected chi connectivity index (χ1v) is 5.06. The third-order valence-corrected chi connectivity index (χ3v) is 2.12. The molecule has 0 radical (unpaired) electrons. The van der Waals surface area contributed by atoms with Gasteiger partial charge >= 0.3 is 6.18 Å². The van der Waals surface area contributed by atoms with Gasteiger partial charge in [-0.25, -0.2) is 0 Å². The monoisotopic (exact) mass is 246 g/mol. The van der Waals surface area contributed by atoms with Crippen LogP contribution >= 0.6 is 0 Å². The summed E-state index contributed by atoms with van der Waals surface area (Å²) < 4.78 is 35.9. The van der Waals surface area contributed by atoms with E-state index in [-0.39, 0.29) is 18.9 Å². The molecular formula is C11H13F3N2O. The number of rotatable bonds is 4. The molecule has 0 aliphatic heterocycles. The van der Waals surface area contributed by atoms with E-state index in [2.05, 4.69) is 5.32 Å². The fourth-order valence-corrected chi connectivity index (χ4v) is 1.25. The van der Waals surface area contributed by atoms with Crippen LogP contribution in [0.3, 0.4) is 0 Å². The van der Waals surface area contributed by atoms with Crippen LogP contribution in [0.4, 0.5) is 18.9 Å². The van der Waals surface area contributed by atoms with E-state index in [1.807, 2.05) is 0 Å². The van der Waals surface area contributed by atoms with Gasteiger partial charge < -0.3 is 11.1 Å². The van der Waals surface area contributed by atoms with Crippen LogP contribution in [-0.2, 0) is 11.2 Å². The summed E-state index contributed by atoms with van der Waals surface area (Å²) in [5, 5.41) is 2.50. The van der Waals surface area contributed by atoms with Crippen molar-refractivity contribution in [3.8, 4) is 0 Å². The lowest BCUT2D eigenvalue weighted by atomic mass is 10.1. The fourth-order valence-electron chi connectivity index (χ4n) is 1.25. The molecule has 0 aliphatic carbocycles. The maximum Gasteiger partial charge on any atom is 0.389 e. The van der Waals surface area contributed by atoms with Gasteiger partial charge in [0.05, 0.1) is 6.54 Å². The number of aryl methyl sites for hydroxylation is 1. The zero-order valence-electron chi connectivity index (χ0n) is 9.05. The Hall–Kier alpha value is -1.56. The molecule has 6 heteroatoms. The molecule has 0 unspecified atom stereocenters. The first-order valence-electron chi connectivity index (χ1n) is 5.06. The van der Waals surface area contributed by atoms with Gasteiger partial charge in [0.1, 0.15) is 0 Å². The third kappa shape index (κ3) is 5.35. The molecule has 3 nitrogen and oxygen atoms in total. The zero-order valence-corrected chi connectivity index (χ0v) is 9.05. The Kier molecular flexibility index (Phi) is 4.51. The summed E-state index contributed by atoms with van der Waals surface area (Å²) in [5.41, 5.74) is 6.21. The Morgan fingerprint density at radius 3 is 2.29 bits per heavy atom. The average Bonchev–Trinajstić information content (AvgIpc) is 2.27. The van der Waals surface area contributed by atoms with Crippen molar-refractivity contribution >= 4 is 11.6 Å². The maximum absolute atomic E-state index is 12.0. The van der Waals surface area contributed by atoms with Crippen LogP contribution in [0.2, 0.25) is 0 Å². The highest BCUT2D eigenvalue weighted by Crippen LogP contribution is 2.22. The van der Waals surface area contributed by atoms with Crippen LogP contribution in [0.25, 0.3) is 0 Å². The van der Waals surface area contributed by atoms with Gasteiger partial charge in [-0.05, 0) is 24.1 Å². The quantitative estimate of drug-likeness (QED) is 0.854. The summed E-state index contributed by atoms with van der Waals surface area (Å²) in [6.45, 7) is -0.129. The van der Waals surface area contributed by atoms with E-state index in [9.17, 15) is 18.0 Å². The topological polar surface area (TPSA) is 55.1 Å². The normalized spacial score (nSPS) is 11.3. The highest BCUT2D eigenvalue weighted by molar-refractivity contribution is 5.92. The average molecular weight is 246 g/mol. The number of anilines is 1. The molecule has 0 aromatic heterocycles. The summed E-state index contributed by atoms with van der Waals surface area (Å²) in [6.07, 6.45) is -5.05. The number of hydrogen-bond acceptors (Lipinski definition) is 2. The van der Waals surface area contributed by atoms with Crippen molar-refractivity contribution in [2.75, 3.05) is 11.9 Å². The molecule has 1 amide bonds. The van der Waals surface area contributed by atoms with E-state index >= 15 is 0 Å². The summed E-state index contributed by atoms with van der Waals surface area (Å²) in [7, 11) is 0.